The molecule has 6 aromatic carbocycles. The van der Waals surface area contributed by atoms with Crippen LogP contribution in [0.25, 0.3) is 22.5 Å². The van der Waals surface area contributed by atoms with Gasteiger partial charge in [0.05, 0.1) is 19.8 Å². The minimum Gasteiger partial charge on any atom is -0.423 e. The molecule has 0 unspecified atom stereocenters. The van der Waals surface area contributed by atoms with E-state index in [0.29, 0.717) is 62.2 Å². The molecule has 0 atom stereocenters. The number of benzene rings is 6. The van der Waals surface area contributed by atoms with Crippen molar-refractivity contribution in [3.63, 3.8) is 0 Å². The van der Waals surface area contributed by atoms with Crippen molar-refractivity contribution < 1.29 is 25.7 Å². The fourth-order valence-electron chi connectivity index (χ4n) is 5.76. The zero-order valence-corrected chi connectivity index (χ0v) is 34.7. The lowest BCUT2D eigenvalue weighted by molar-refractivity contribution is 0.520. The second-order valence-electron chi connectivity index (χ2n) is 12.9. The van der Waals surface area contributed by atoms with Gasteiger partial charge >= 0.3 is 0 Å². The van der Waals surface area contributed by atoms with Crippen molar-refractivity contribution in [2.24, 2.45) is 0 Å². The molecule has 15 heteroatoms. The molecule has 0 aliphatic rings. The van der Waals surface area contributed by atoms with Crippen LogP contribution in [0.5, 0.6) is 0 Å². The molecule has 0 saturated heterocycles. The van der Waals surface area contributed by atoms with E-state index in [9.17, 15) is 16.8 Å². The van der Waals surface area contributed by atoms with Crippen LogP contribution in [0.2, 0.25) is 15.1 Å². The number of oxazole rings is 2. The molecule has 0 bridgehead atoms. The molecule has 0 saturated carbocycles. The van der Waals surface area contributed by atoms with Crippen molar-refractivity contribution in [2.45, 2.75) is 22.6 Å². The Morgan fingerprint density at radius 2 is 0.847 bits per heavy atom. The Balaban J connectivity index is 0.000000179. The lowest BCUT2D eigenvalue weighted by Crippen LogP contribution is -2.12. The van der Waals surface area contributed by atoms with E-state index in [4.69, 9.17) is 43.6 Å². The number of nitrogens with one attached hydrogen (secondary N) is 2. The highest BCUT2D eigenvalue weighted by atomic mass is 35.5. The third-order valence-corrected chi connectivity index (χ3v) is 12.3. The standard InChI is InChI=1S/C22H16Cl2N2O3S.C22H17ClN2O3S/c23-18-12-11-16(14-19(18)24)21-22(26-30(27,28)17-9-5-2-6-10-17)29-20(25-21)13-15-7-3-1-4-8-15;23-18-13-11-17(12-14-18)21-22(25-29(26,27)19-9-5-2-6-10-19)28-20(24-21)15-16-7-3-1-4-8-16/h1-12,14,26H,13H2;1-14,25H,15H2. The zero-order valence-electron chi connectivity index (χ0n) is 30.8. The number of hydrogen-bond donors (Lipinski definition) is 2. The number of rotatable bonds is 12. The molecule has 298 valence electrons. The summed E-state index contributed by atoms with van der Waals surface area (Å²) in [7, 11) is -7.69. The van der Waals surface area contributed by atoms with Gasteiger partial charge in [-0.1, -0.05) is 150 Å². The average Bonchev–Trinajstić information content (AvgIpc) is 3.82. The summed E-state index contributed by atoms with van der Waals surface area (Å²) >= 11 is 18.2. The maximum atomic E-state index is 12.8. The molecule has 0 aliphatic heterocycles. The van der Waals surface area contributed by atoms with Crippen LogP contribution in [0.1, 0.15) is 22.9 Å². The fourth-order valence-corrected chi connectivity index (χ4v) is 8.22. The highest BCUT2D eigenvalue weighted by Gasteiger charge is 2.24. The lowest BCUT2D eigenvalue weighted by atomic mass is 10.1. The van der Waals surface area contributed by atoms with Gasteiger partial charge in [0, 0.05) is 29.0 Å². The predicted molar refractivity (Wildman–Crippen MR) is 232 cm³/mol. The van der Waals surface area contributed by atoms with E-state index < -0.39 is 20.0 Å². The number of sulfonamides is 2. The van der Waals surface area contributed by atoms with Crippen molar-refractivity contribution in [3.05, 3.63) is 202 Å². The van der Waals surface area contributed by atoms with Crippen LogP contribution >= 0.6 is 34.8 Å². The first-order valence-corrected chi connectivity index (χ1v) is 22.0. The Bertz CT molecular complexity index is 2880. The van der Waals surface area contributed by atoms with Gasteiger partial charge in [-0.15, -0.1) is 0 Å². The molecule has 0 spiro atoms. The molecule has 59 heavy (non-hydrogen) atoms. The summed E-state index contributed by atoms with van der Waals surface area (Å²) in [6, 6.07) is 47.4. The summed E-state index contributed by atoms with van der Waals surface area (Å²) in [6.45, 7) is 0. The highest BCUT2D eigenvalue weighted by Crippen LogP contribution is 2.35. The minimum atomic E-state index is -3.86. The normalized spacial score (nSPS) is 11.4. The molecular formula is C44H33Cl3N4O6S2. The summed E-state index contributed by atoms with van der Waals surface area (Å²) in [4.78, 5) is 9.33. The van der Waals surface area contributed by atoms with E-state index in [0.717, 1.165) is 11.1 Å². The summed E-state index contributed by atoms with van der Waals surface area (Å²) in [5.41, 5.74) is 4.01. The van der Waals surface area contributed by atoms with Crippen molar-refractivity contribution >= 4 is 66.6 Å². The molecule has 0 radical (unpaired) electrons. The molecule has 0 aliphatic carbocycles. The van der Waals surface area contributed by atoms with E-state index in [-0.39, 0.29) is 21.6 Å². The number of hydrogen-bond acceptors (Lipinski definition) is 8. The van der Waals surface area contributed by atoms with Gasteiger partial charge in [-0.3, -0.25) is 0 Å². The molecule has 8 aromatic rings. The maximum absolute atomic E-state index is 12.8. The number of aromatic nitrogens is 2. The quantitative estimate of drug-likeness (QED) is 0.123. The molecule has 10 nitrogen and oxygen atoms in total. The van der Waals surface area contributed by atoms with Crippen LogP contribution < -0.4 is 9.44 Å². The van der Waals surface area contributed by atoms with Crippen LogP contribution in [0.15, 0.2) is 182 Å². The van der Waals surface area contributed by atoms with Crippen LogP contribution in [-0.4, -0.2) is 26.8 Å². The van der Waals surface area contributed by atoms with Crippen LogP contribution in [-0.2, 0) is 32.9 Å². The number of halogens is 3. The predicted octanol–water partition coefficient (Wildman–Crippen LogP) is 11.4. The van der Waals surface area contributed by atoms with Crippen LogP contribution in [0.3, 0.4) is 0 Å². The maximum Gasteiger partial charge on any atom is 0.264 e. The Morgan fingerprint density at radius 1 is 0.458 bits per heavy atom. The van der Waals surface area contributed by atoms with Crippen molar-refractivity contribution in [2.75, 3.05) is 9.44 Å². The summed E-state index contributed by atoms with van der Waals surface area (Å²) < 4.78 is 67.9. The molecule has 0 amide bonds. The molecular weight excluding hydrogens is 851 g/mol. The van der Waals surface area contributed by atoms with Crippen LogP contribution in [0, 0.1) is 0 Å². The second-order valence-corrected chi connectivity index (χ2v) is 17.5. The molecule has 0 fully saturated rings. The van der Waals surface area contributed by atoms with Gasteiger partial charge in [0.15, 0.2) is 0 Å². The lowest BCUT2D eigenvalue weighted by Gasteiger charge is -2.07. The van der Waals surface area contributed by atoms with Gasteiger partial charge in [0.25, 0.3) is 20.0 Å². The third-order valence-electron chi connectivity index (χ3n) is 8.61. The molecule has 2 N–H and O–H groups in total. The number of anilines is 2. The first-order valence-electron chi connectivity index (χ1n) is 17.9. The van der Waals surface area contributed by atoms with Crippen molar-refractivity contribution in [1.29, 1.82) is 0 Å². The second kappa shape index (κ2) is 18.4. The highest BCUT2D eigenvalue weighted by molar-refractivity contribution is 7.93. The van der Waals surface area contributed by atoms with E-state index in [1.165, 1.54) is 24.3 Å². The summed E-state index contributed by atoms with van der Waals surface area (Å²) in [6.07, 6.45) is 0.844. The van der Waals surface area contributed by atoms with E-state index >= 15 is 0 Å². The van der Waals surface area contributed by atoms with Gasteiger partial charge in [-0.05, 0) is 59.7 Å². The zero-order chi connectivity index (χ0) is 41.4. The van der Waals surface area contributed by atoms with Gasteiger partial charge in [-0.25, -0.2) is 36.2 Å². The topological polar surface area (TPSA) is 144 Å². The van der Waals surface area contributed by atoms with E-state index in [2.05, 4.69) is 19.4 Å². The fraction of sp³-hybridized carbons (Fsp3) is 0.0455. The minimum absolute atomic E-state index is 0.0168. The average molecular weight is 884 g/mol. The first kappa shape index (κ1) is 41.3. The SMILES string of the molecule is O=S(=O)(Nc1oc(Cc2ccccc2)nc1-c1ccc(Cl)c(Cl)c1)c1ccccc1.O=S(=O)(Nc1oc(Cc2ccccc2)nc1-c1ccc(Cl)cc1)c1ccccc1. The van der Waals surface area contributed by atoms with E-state index in [1.54, 1.807) is 78.9 Å². The van der Waals surface area contributed by atoms with E-state index in [1.807, 2.05) is 60.7 Å². The monoisotopic (exact) mass is 882 g/mol. The van der Waals surface area contributed by atoms with Crippen LogP contribution in [0.4, 0.5) is 11.8 Å². The van der Waals surface area contributed by atoms with Gasteiger partial charge < -0.3 is 8.83 Å². The number of nitrogens with zero attached hydrogens (tertiary/aromatic N) is 2. The van der Waals surface area contributed by atoms with Crippen molar-refractivity contribution in [1.82, 2.24) is 9.97 Å². The Labute approximate surface area is 356 Å². The van der Waals surface area contributed by atoms with Crippen molar-refractivity contribution in [3.8, 4) is 22.5 Å². The van der Waals surface area contributed by atoms with Gasteiger partial charge in [0.2, 0.25) is 23.5 Å². The summed E-state index contributed by atoms with van der Waals surface area (Å²) in [5.74, 6) is 0.866. The first-order chi connectivity index (χ1) is 28.4. The third kappa shape index (κ3) is 10.6. The largest absolute Gasteiger partial charge is 0.423 e. The molecule has 8 rings (SSSR count). The van der Waals surface area contributed by atoms with Gasteiger partial charge in [0.1, 0.15) is 11.4 Å². The molecule has 2 heterocycles. The Morgan fingerprint density at radius 3 is 1.27 bits per heavy atom. The summed E-state index contributed by atoms with van der Waals surface area (Å²) in [5, 5.41) is 1.30. The van der Waals surface area contributed by atoms with Gasteiger partial charge in [-0.2, -0.15) is 0 Å². The smallest absolute Gasteiger partial charge is 0.264 e. The molecule has 2 aromatic heterocycles. The Kier molecular flexibility index (Phi) is 12.8. The Hall–Kier alpha value is -5.89.